The Morgan fingerprint density at radius 1 is 1.39 bits per heavy atom. The minimum Gasteiger partial charge on any atom is -0.355 e. The molecule has 3 nitrogen and oxygen atoms in total. The van der Waals surface area contributed by atoms with Crippen LogP contribution in [0.2, 0.25) is 0 Å². The number of allylic oxidation sites excluding steroid dienone is 1. The second-order valence-corrected chi connectivity index (χ2v) is 7.65. The van der Waals surface area contributed by atoms with Crippen LogP contribution in [0, 0.1) is 0 Å². The molecule has 1 unspecified atom stereocenters. The van der Waals surface area contributed by atoms with Gasteiger partial charge in [-0.25, -0.2) is 0 Å². The minimum absolute atomic E-state index is 0.179. The number of amides is 1. The van der Waals surface area contributed by atoms with Gasteiger partial charge in [0.05, 0.1) is 6.54 Å². The molecular weight excluding hydrogens is 304 g/mol. The van der Waals surface area contributed by atoms with Crippen LogP contribution in [0.1, 0.15) is 61.9 Å². The van der Waals surface area contributed by atoms with Gasteiger partial charge >= 0.3 is 0 Å². The third kappa shape index (κ3) is 4.24. The molecule has 0 spiro atoms. The number of carbonyl (C=O) groups excluding carboxylic acids is 1. The molecule has 126 valence electrons. The first-order chi connectivity index (χ1) is 11.3. The molecule has 1 aliphatic heterocycles. The molecule has 0 aromatic carbocycles. The van der Waals surface area contributed by atoms with Crippen molar-refractivity contribution >= 4 is 17.2 Å². The van der Waals surface area contributed by atoms with Gasteiger partial charge in [0.25, 0.3) is 0 Å². The first-order valence-electron chi connectivity index (χ1n) is 9.03. The lowest BCUT2D eigenvalue weighted by molar-refractivity contribution is -0.122. The highest BCUT2D eigenvalue weighted by atomic mass is 32.1. The topological polar surface area (TPSA) is 32.3 Å². The summed E-state index contributed by atoms with van der Waals surface area (Å²) in [7, 11) is 0. The van der Waals surface area contributed by atoms with E-state index in [1.165, 1.54) is 41.7 Å². The number of thiophene rings is 1. The molecule has 0 radical (unpaired) electrons. The van der Waals surface area contributed by atoms with Crippen molar-refractivity contribution in [2.45, 2.75) is 57.9 Å². The van der Waals surface area contributed by atoms with E-state index in [-0.39, 0.29) is 5.91 Å². The predicted octanol–water partition coefficient (Wildman–Crippen LogP) is 4.06. The van der Waals surface area contributed by atoms with Gasteiger partial charge in [0.1, 0.15) is 0 Å². The van der Waals surface area contributed by atoms with Crippen LogP contribution >= 0.6 is 11.3 Å². The Morgan fingerprint density at radius 2 is 2.30 bits per heavy atom. The van der Waals surface area contributed by atoms with Gasteiger partial charge in [0.15, 0.2) is 0 Å². The Bertz CT molecular complexity index is 563. The highest BCUT2D eigenvalue weighted by Crippen LogP contribution is 2.34. The first kappa shape index (κ1) is 16.7. The van der Waals surface area contributed by atoms with E-state index >= 15 is 0 Å². The number of hydrogen-bond donors (Lipinski definition) is 1. The zero-order valence-corrected chi connectivity index (χ0v) is 15.0. The van der Waals surface area contributed by atoms with Crippen LogP contribution in [-0.2, 0) is 11.2 Å². The fourth-order valence-corrected chi connectivity index (χ4v) is 4.78. The molecule has 23 heavy (non-hydrogen) atoms. The fourth-order valence-electron chi connectivity index (χ4n) is 3.85. The van der Waals surface area contributed by atoms with Crippen molar-refractivity contribution in [2.24, 2.45) is 0 Å². The predicted molar refractivity (Wildman–Crippen MR) is 96.8 cm³/mol. The number of carbonyl (C=O) groups is 1. The van der Waals surface area contributed by atoms with Gasteiger partial charge in [-0.1, -0.05) is 18.6 Å². The van der Waals surface area contributed by atoms with E-state index in [4.69, 9.17) is 0 Å². The quantitative estimate of drug-likeness (QED) is 0.797. The van der Waals surface area contributed by atoms with Crippen LogP contribution in [-0.4, -0.2) is 30.4 Å². The molecule has 1 aliphatic carbocycles. The monoisotopic (exact) mass is 332 g/mol. The summed E-state index contributed by atoms with van der Waals surface area (Å²) < 4.78 is 0. The molecule has 0 saturated heterocycles. The average molecular weight is 333 g/mol. The summed E-state index contributed by atoms with van der Waals surface area (Å²) in [5.41, 5.74) is 2.98. The Balaban J connectivity index is 1.47. The highest BCUT2D eigenvalue weighted by Gasteiger charge is 2.27. The van der Waals surface area contributed by atoms with E-state index in [0.717, 1.165) is 32.4 Å². The molecule has 1 amide bonds. The number of nitrogens with one attached hydrogen (secondary N) is 1. The first-order valence-corrected chi connectivity index (χ1v) is 9.90. The number of rotatable bonds is 6. The van der Waals surface area contributed by atoms with Crippen molar-refractivity contribution in [1.29, 1.82) is 0 Å². The van der Waals surface area contributed by atoms with Gasteiger partial charge in [-0.3, -0.25) is 9.69 Å². The summed E-state index contributed by atoms with van der Waals surface area (Å²) in [5, 5.41) is 5.31. The smallest absolute Gasteiger partial charge is 0.234 e. The van der Waals surface area contributed by atoms with E-state index in [2.05, 4.69) is 34.7 Å². The standard InChI is InChI=1S/C19H28N2OS/c1-2-17-16-10-13-23-18(16)9-12-21(17)14-19(22)20-11-8-15-6-4-3-5-7-15/h6,10,13,17H,2-5,7-9,11-12,14H2,1H3,(H,20,22). The summed E-state index contributed by atoms with van der Waals surface area (Å²) in [5.74, 6) is 0.179. The third-order valence-electron chi connectivity index (χ3n) is 5.09. The van der Waals surface area contributed by atoms with E-state index < -0.39 is 0 Å². The number of hydrogen-bond acceptors (Lipinski definition) is 3. The van der Waals surface area contributed by atoms with Gasteiger partial charge in [0.2, 0.25) is 5.91 Å². The highest BCUT2D eigenvalue weighted by molar-refractivity contribution is 7.10. The van der Waals surface area contributed by atoms with Crippen LogP contribution in [0.3, 0.4) is 0 Å². The summed E-state index contributed by atoms with van der Waals surface area (Å²) >= 11 is 1.86. The molecule has 1 N–H and O–H groups in total. The summed E-state index contributed by atoms with van der Waals surface area (Å²) in [6.07, 6.45) is 10.6. The third-order valence-corrected chi connectivity index (χ3v) is 6.09. The maximum absolute atomic E-state index is 12.3. The minimum atomic E-state index is 0.179. The Kier molecular flexibility index (Phi) is 5.90. The van der Waals surface area contributed by atoms with Crippen LogP contribution in [0.25, 0.3) is 0 Å². The van der Waals surface area contributed by atoms with Crippen molar-refractivity contribution < 1.29 is 4.79 Å². The molecule has 4 heteroatoms. The maximum atomic E-state index is 12.3. The molecule has 2 heterocycles. The lowest BCUT2D eigenvalue weighted by atomic mass is 9.97. The number of fused-ring (bicyclic) bond motifs is 1. The normalized spacial score (nSPS) is 21.6. The van der Waals surface area contributed by atoms with Crippen molar-refractivity contribution in [2.75, 3.05) is 19.6 Å². The molecule has 3 rings (SSSR count). The maximum Gasteiger partial charge on any atom is 0.234 e. The van der Waals surface area contributed by atoms with E-state index in [1.54, 1.807) is 0 Å². The molecule has 0 bridgehead atoms. The van der Waals surface area contributed by atoms with Crippen molar-refractivity contribution in [1.82, 2.24) is 10.2 Å². The lowest BCUT2D eigenvalue weighted by Gasteiger charge is -2.34. The Hall–Kier alpha value is -1.13. The zero-order valence-electron chi connectivity index (χ0n) is 14.1. The zero-order chi connectivity index (χ0) is 16.1. The summed E-state index contributed by atoms with van der Waals surface area (Å²) in [6, 6.07) is 2.66. The van der Waals surface area contributed by atoms with Crippen LogP contribution in [0.4, 0.5) is 0 Å². The fraction of sp³-hybridized carbons (Fsp3) is 0.632. The summed E-state index contributed by atoms with van der Waals surface area (Å²) in [6.45, 7) is 4.55. The summed E-state index contributed by atoms with van der Waals surface area (Å²) in [4.78, 5) is 16.2. The lowest BCUT2D eigenvalue weighted by Crippen LogP contribution is -2.42. The van der Waals surface area contributed by atoms with Crippen LogP contribution in [0.15, 0.2) is 23.1 Å². The van der Waals surface area contributed by atoms with Gasteiger partial charge in [-0.15, -0.1) is 11.3 Å². The van der Waals surface area contributed by atoms with E-state index in [0.29, 0.717) is 12.6 Å². The van der Waals surface area contributed by atoms with Crippen molar-refractivity contribution in [3.05, 3.63) is 33.5 Å². The van der Waals surface area contributed by atoms with Crippen molar-refractivity contribution in [3.63, 3.8) is 0 Å². The SMILES string of the molecule is CCC1c2ccsc2CCN1CC(=O)NCCC1=CCCCC1. The van der Waals surface area contributed by atoms with Crippen LogP contribution in [0.5, 0.6) is 0 Å². The molecule has 0 fully saturated rings. The average Bonchev–Trinajstić information content (AvgIpc) is 3.04. The molecular formula is C19H28N2OS. The molecule has 1 atom stereocenters. The molecule has 1 aromatic heterocycles. The van der Waals surface area contributed by atoms with Gasteiger partial charge in [0, 0.05) is 24.0 Å². The van der Waals surface area contributed by atoms with Crippen LogP contribution < -0.4 is 5.32 Å². The second-order valence-electron chi connectivity index (χ2n) is 6.65. The second kappa shape index (κ2) is 8.11. The molecule has 1 aromatic rings. The van der Waals surface area contributed by atoms with E-state index in [9.17, 15) is 4.79 Å². The molecule has 2 aliphatic rings. The Labute approximate surface area is 143 Å². The van der Waals surface area contributed by atoms with Crippen molar-refractivity contribution in [3.8, 4) is 0 Å². The van der Waals surface area contributed by atoms with Gasteiger partial charge in [-0.2, -0.15) is 0 Å². The van der Waals surface area contributed by atoms with Gasteiger partial charge < -0.3 is 5.32 Å². The largest absolute Gasteiger partial charge is 0.355 e. The number of nitrogens with zero attached hydrogens (tertiary/aromatic N) is 1. The molecule has 0 saturated carbocycles. The van der Waals surface area contributed by atoms with Gasteiger partial charge in [-0.05, 0) is 62.0 Å². The van der Waals surface area contributed by atoms with E-state index in [1.807, 2.05) is 11.3 Å². The Morgan fingerprint density at radius 3 is 3.09 bits per heavy atom.